The van der Waals surface area contributed by atoms with Gasteiger partial charge in [-0.3, -0.25) is 0 Å². The number of benzene rings is 1. The van der Waals surface area contributed by atoms with Crippen molar-refractivity contribution < 1.29 is 0 Å². The van der Waals surface area contributed by atoms with Gasteiger partial charge in [-0.1, -0.05) is 148 Å². The van der Waals surface area contributed by atoms with Crippen LogP contribution in [0.1, 0.15) is 142 Å². The molecule has 2 N–H and O–H groups in total. The van der Waals surface area contributed by atoms with Crippen molar-refractivity contribution in [2.24, 2.45) is 10.7 Å². The summed E-state index contributed by atoms with van der Waals surface area (Å²) in [6.07, 6.45) is 27.4. The smallest absolute Gasteiger partial charge is 0.196 e. The molecule has 0 aliphatic heterocycles. The second-order valence-corrected chi connectivity index (χ2v) is 10.2. The second kappa shape index (κ2) is 23.2. The number of nitrogens with two attached hydrogens (primary N) is 1. The molecule has 0 bridgehead atoms. The molecule has 0 saturated carbocycles. The Hall–Kier alpha value is -1.51. The molecule has 0 heterocycles. The first kappa shape index (κ1) is 30.5. The molecule has 0 spiro atoms. The van der Waals surface area contributed by atoms with Crippen LogP contribution in [-0.2, 0) is 0 Å². The molecule has 0 aliphatic carbocycles. The summed E-state index contributed by atoms with van der Waals surface area (Å²) in [7, 11) is 0. The van der Waals surface area contributed by atoms with Crippen LogP contribution in [0.15, 0.2) is 35.3 Å². The predicted octanol–water partition coefficient (Wildman–Crippen LogP) is 9.78. The predicted molar refractivity (Wildman–Crippen MR) is 153 cm³/mol. The largest absolute Gasteiger partial charge is 0.369 e. The lowest BCUT2D eigenvalue weighted by Crippen LogP contribution is -2.38. The summed E-state index contributed by atoms with van der Waals surface area (Å²) in [6.45, 7) is 6.65. The first-order chi connectivity index (χ1) is 16.8. The van der Waals surface area contributed by atoms with Crippen molar-refractivity contribution in [3.8, 4) is 0 Å². The Bertz CT molecular complexity index is 545. The summed E-state index contributed by atoms with van der Waals surface area (Å²) in [5.41, 5.74) is 7.42. The first-order valence-corrected chi connectivity index (χ1v) is 14.9. The van der Waals surface area contributed by atoms with Gasteiger partial charge >= 0.3 is 0 Å². The van der Waals surface area contributed by atoms with Gasteiger partial charge in [-0.15, -0.1) is 0 Å². The lowest BCUT2D eigenvalue weighted by molar-refractivity contribution is 0.380. The van der Waals surface area contributed by atoms with Gasteiger partial charge in [-0.25, -0.2) is 4.99 Å². The Balaban J connectivity index is 2.27. The van der Waals surface area contributed by atoms with E-state index in [1.54, 1.807) is 0 Å². The van der Waals surface area contributed by atoms with Crippen LogP contribution >= 0.6 is 0 Å². The molecule has 0 aromatic heterocycles. The van der Waals surface area contributed by atoms with E-state index in [9.17, 15) is 0 Å². The molecule has 0 fully saturated rings. The summed E-state index contributed by atoms with van der Waals surface area (Å²) in [4.78, 5) is 7.04. The Morgan fingerprint density at radius 3 is 1.29 bits per heavy atom. The molecule has 0 radical (unpaired) electrons. The lowest BCUT2D eigenvalue weighted by atomic mass is 10.1. The average molecular weight is 472 g/mol. The van der Waals surface area contributed by atoms with E-state index >= 15 is 0 Å². The molecular formula is C31H57N3. The highest BCUT2D eigenvalue weighted by molar-refractivity contribution is 5.81. The maximum atomic E-state index is 6.47. The van der Waals surface area contributed by atoms with Crippen molar-refractivity contribution in [2.75, 3.05) is 13.1 Å². The maximum absolute atomic E-state index is 6.47. The Morgan fingerprint density at radius 2 is 0.912 bits per heavy atom. The van der Waals surface area contributed by atoms with Crippen molar-refractivity contribution in [2.45, 2.75) is 142 Å². The third-order valence-electron chi connectivity index (χ3n) is 6.89. The van der Waals surface area contributed by atoms with E-state index in [1.165, 1.54) is 128 Å². The molecule has 1 rings (SSSR count). The van der Waals surface area contributed by atoms with Crippen molar-refractivity contribution in [1.29, 1.82) is 0 Å². The number of rotatable bonds is 23. The number of hydrogen-bond donors (Lipinski definition) is 1. The SMILES string of the molecule is CCCCCCCCCCCCN(CCCCCCCCCCCC)C(N)=Nc1ccccc1. The van der Waals surface area contributed by atoms with Crippen LogP contribution < -0.4 is 5.73 Å². The van der Waals surface area contributed by atoms with E-state index in [0.29, 0.717) is 5.96 Å². The van der Waals surface area contributed by atoms with E-state index in [2.05, 4.69) is 18.7 Å². The minimum atomic E-state index is 0.693. The topological polar surface area (TPSA) is 41.6 Å². The zero-order chi connectivity index (χ0) is 24.5. The molecule has 0 atom stereocenters. The number of unbranched alkanes of at least 4 members (excludes halogenated alkanes) is 18. The Labute approximate surface area is 213 Å². The average Bonchev–Trinajstić information content (AvgIpc) is 2.85. The summed E-state index contributed by atoms with van der Waals surface area (Å²) in [5, 5.41) is 0. The molecule has 0 saturated heterocycles. The van der Waals surface area contributed by atoms with Crippen LogP contribution in [0, 0.1) is 0 Å². The third kappa shape index (κ3) is 17.9. The van der Waals surface area contributed by atoms with Crippen LogP contribution in [0.2, 0.25) is 0 Å². The van der Waals surface area contributed by atoms with E-state index in [4.69, 9.17) is 10.7 Å². The number of hydrogen-bond acceptors (Lipinski definition) is 1. The van der Waals surface area contributed by atoms with Gasteiger partial charge < -0.3 is 10.6 Å². The number of para-hydroxylation sites is 1. The Kier molecular flexibility index (Phi) is 20.9. The van der Waals surface area contributed by atoms with Crippen molar-refractivity contribution in [1.82, 2.24) is 4.90 Å². The highest BCUT2D eigenvalue weighted by Gasteiger charge is 2.08. The second-order valence-electron chi connectivity index (χ2n) is 10.2. The van der Waals surface area contributed by atoms with Gasteiger partial charge in [0.25, 0.3) is 0 Å². The van der Waals surface area contributed by atoms with Crippen LogP contribution in [-0.4, -0.2) is 23.9 Å². The van der Waals surface area contributed by atoms with E-state index < -0.39 is 0 Å². The van der Waals surface area contributed by atoms with Crippen LogP contribution in [0.25, 0.3) is 0 Å². The number of nitrogens with zero attached hydrogens (tertiary/aromatic N) is 2. The van der Waals surface area contributed by atoms with Crippen LogP contribution in [0.4, 0.5) is 5.69 Å². The zero-order valence-corrected chi connectivity index (χ0v) is 22.9. The molecule has 1 aromatic carbocycles. The van der Waals surface area contributed by atoms with Gasteiger partial charge in [-0.05, 0) is 25.0 Å². The van der Waals surface area contributed by atoms with Gasteiger partial charge in [0.2, 0.25) is 0 Å². The quantitative estimate of drug-likeness (QED) is 0.0980. The minimum Gasteiger partial charge on any atom is -0.369 e. The van der Waals surface area contributed by atoms with Crippen molar-refractivity contribution in [3.63, 3.8) is 0 Å². The molecule has 3 nitrogen and oxygen atoms in total. The number of guanidine groups is 1. The van der Waals surface area contributed by atoms with E-state index in [0.717, 1.165) is 18.8 Å². The van der Waals surface area contributed by atoms with E-state index in [1.807, 2.05) is 30.3 Å². The highest BCUT2D eigenvalue weighted by Crippen LogP contribution is 2.14. The molecule has 3 heteroatoms. The minimum absolute atomic E-state index is 0.693. The molecule has 1 aromatic rings. The van der Waals surface area contributed by atoms with Crippen LogP contribution in [0.5, 0.6) is 0 Å². The van der Waals surface area contributed by atoms with Crippen LogP contribution in [0.3, 0.4) is 0 Å². The molecule has 0 aliphatic rings. The fourth-order valence-electron chi connectivity index (χ4n) is 4.63. The number of aliphatic imine (C=N–C) groups is 1. The van der Waals surface area contributed by atoms with Gasteiger partial charge in [0, 0.05) is 13.1 Å². The molecule has 0 amide bonds. The van der Waals surface area contributed by atoms with Gasteiger partial charge in [0.05, 0.1) is 5.69 Å². The van der Waals surface area contributed by atoms with Gasteiger partial charge in [-0.2, -0.15) is 0 Å². The summed E-state index contributed by atoms with van der Waals surface area (Å²) < 4.78 is 0. The fraction of sp³-hybridized carbons (Fsp3) is 0.774. The van der Waals surface area contributed by atoms with Gasteiger partial charge in [0.15, 0.2) is 5.96 Å². The van der Waals surface area contributed by atoms with Crippen molar-refractivity contribution >= 4 is 11.6 Å². The zero-order valence-electron chi connectivity index (χ0n) is 22.9. The Morgan fingerprint density at radius 1 is 0.559 bits per heavy atom. The van der Waals surface area contributed by atoms with Crippen molar-refractivity contribution in [3.05, 3.63) is 30.3 Å². The highest BCUT2D eigenvalue weighted by atomic mass is 15.2. The molecule has 0 unspecified atom stereocenters. The standard InChI is InChI=1S/C31H57N3/c1-3-5-7-9-11-13-15-17-19-24-28-34(31(32)33-30-26-22-21-23-27-30)29-25-20-18-16-14-12-10-8-6-4-2/h21-23,26-27H,3-20,24-25,28-29H2,1-2H3,(H2,32,33). The molecule has 34 heavy (non-hydrogen) atoms. The maximum Gasteiger partial charge on any atom is 0.196 e. The third-order valence-corrected chi connectivity index (χ3v) is 6.89. The summed E-state index contributed by atoms with van der Waals surface area (Å²) >= 11 is 0. The normalized spacial score (nSPS) is 11.8. The summed E-state index contributed by atoms with van der Waals surface area (Å²) in [5.74, 6) is 0.693. The fourth-order valence-corrected chi connectivity index (χ4v) is 4.63. The van der Waals surface area contributed by atoms with Gasteiger partial charge in [0.1, 0.15) is 0 Å². The lowest BCUT2D eigenvalue weighted by Gasteiger charge is -2.24. The van der Waals surface area contributed by atoms with E-state index in [-0.39, 0.29) is 0 Å². The first-order valence-electron chi connectivity index (χ1n) is 14.9. The molecular weight excluding hydrogens is 414 g/mol. The summed E-state index contributed by atoms with van der Waals surface area (Å²) in [6, 6.07) is 10.2. The monoisotopic (exact) mass is 471 g/mol. The molecule has 196 valence electrons.